The molecule has 1 aromatic heterocycles. The van der Waals surface area contributed by atoms with Gasteiger partial charge >= 0.3 is 5.97 Å². The zero-order chi connectivity index (χ0) is 26.2. The summed E-state index contributed by atoms with van der Waals surface area (Å²) in [4.78, 5) is 24.1. The van der Waals surface area contributed by atoms with Gasteiger partial charge in [-0.3, -0.25) is 9.59 Å². The van der Waals surface area contributed by atoms with Crippen LogP contribution in [0.2, 0.25) is 0 Å². The Kier molecular flexibility index (Phi) is 7.18. The SMILES string of the molecule is COc1cc(O)c2c(=O)cc(C3(O)C=CC(OC4OC(CO)C(O)C(O)C4OC(C)=O)C=C3)oc2c1. The summed E-state index contributed by atoms with van der Waals surface area (Å²) < 4.78 is 27.1. The maximum atomic E-state index is 12.6. The number of carbonyl (C=O) groups is 1. The molecule has 2 aromatic rings. The van der Waals surface area contributed by atoms with E-state index in [0.717, 1.165) is 13.0 Å². The Balaban J connectivity index is 1.57. The third kappa shape index (κ3) is 4.87. The van der Waals surface area contributed by atoms with E-state index < -0.39 is 60.4 Å². The molecule has 1 fully saturated rings. The van der Waals surface area contributed by atoms with E-state index >= 15 is 0 Å². The lowest BCUT2D eigenvalue weighted by Gasteiger charge is -2.42. The van der Waals surface area contributed by atoms with E-state index in [2.05, 4.69) is 0 Å². The maximum absolute atomic E-state index is 12.6. The van der Waals surface area contributed by atoms with Crippen molar-refractivity contribution >= 4 is 16.9 Å². The molecule has 194 valence electrons. The molecule has 1 aliphatic heterocycles. The number of aromatic hydroxyl groups is 1. The number of phenolic OH excluding ortho intramolecular Hbond substituents is 1. The average molecular weight is 506 g/mol. The van der Waals surface area contributed by atoms with Gasteiger partial charge in [-0.1, -0.05) is 12.2 Å². The van der Waals surface area contributed by atoms with Gasteiger partial charge in [-0.25, -0.2) is 0 Å². The lowest BCUT2D eigenvalue weighted by Crippen LogP contribution is -2.60. The smallest absolute Gasteiger partial charge is 0.303 e. The Morgan fingerprint density at radius 2 is 1.83 bits per heavy atom. The third-order valence-electron chi connectivity index (χ3n) is 5.91. The fourth-order valence-corrected chi connectivity index (χ4v) is 4.05. The molecule has 12 heteroatoms. The molecule has 1 aliphatic carbocycles. The molecule has 4 rings (SSSR count). The van der Waals surface area contributed by atoms with Gasteiger partial charge in [0.05, 0.1) is 19.8 Å². The van der Waals surface area contributed by atoms with Crippen LogP contribution in [-0.2, 0) is 24.6 Å². The Hall–Kier alpha value is -3.26. The van der Waals surface area contributed by atoms with E-state index in [-0.39, 0.29) is 28.2 Å². The number of phenols is 1. The minimum atomic E-state index is -1.85. The summed E-state index contributed by atoms with van der Waals surface area (Å²) in [7, 11) is 1.38. The van der Waals surface area contributed by atoms with Gasteiger partial charge in [0.1, 0.15) is 46.5 Å². The molecule has 36 heavy (non-hydrogen) atoms. The number of hydrogen-bond donors (Lipinski definition) is 5. The van der Waals surface area contributed by atoms with Crippen molar-refractivity contribution in [2.45, 2.75) is 49.3 Å². The highest BCUT2D eigenvalue weighted by Crippen LogP contribution is 2.34. The van der Waals surface area contributed by atoms with Gasteiger partial charge in [0.2, 0.25) is 0 Å². The standard InChI is InChI=1S/C24H26O12/c1-11(26)33-22-21(30)20(29)17(10-25)36-23(22)34-12-3-5-24(31,6-4-12)18-9-15(28)19-14(27)7-13(32-2)8-16(19)35-18/h3-9,12,17,20-23,25,27,29-31H,10H2,1-2H3. The van der Waals surface area contributed by atoms with Crippen LogP contribution in [0.5, 0.6) is 11.5 Å². The molecule has 2 heterocycles. The van der Waals surface area contributed by atoms with Gasteiger partial charge in [-0.15, -0.1) is 0 Å². The number of esters is 1. The molecule has 0 bridgehead atoms. The molecule has 5 atom stereocenters. The van der Waals surface area contributed by atoms with Crippen molar-refractivity contribution in [3.63, 3.8) is 0 Å². The van der Waals surface area contributed by atoms with Gasteiger partial charge in [0.25, 0.3) is 0 Å². The van der Waals surface area contributed by atoms with Crippen molar-refractivity contribution < 1.29 is 53.7 Å². The largest absolute Gasteiger partial charge is 0.507 e. The van der Waals surface area contributed by atoms with Crippen molar-refractivity contribution in [3.05, 3.63) is 58.5 Å². The Labute approximate surface area is 204 Å². The molecular weight excluding hydrogens is 480 g/mol. The molecule has 0 amide bonds. The maximum Gasteiger partial charge on any atom is 0.303 e. The first kappa shape index (κ1) is 25.8. The first-order valence-corrected chi connectivity index (χ1v) is 11.0. The normalized spacial score (nSPS) is 31.9. The van der Waals surface area contributed by atoms with Crippen LogP contribution < -0.4 is 10.2 Å². The van der Waals surface area contributed by atoms with E-state index in [1.54, 1.807) is 0 Å². The van der Waals surface area contributed by atoms with Crippen molar-refractivity contribution in [3.8, 4) is 11.5 Å². The summed E-state index contributed by atoms with van der Waals surface area (Å²) in [5.74, 6) is -0.963. The predicted octanol–water partition coefficient (Wildman–Crippen LogP) is -0.423. The van der Waals surface area contributed by atoms with Crippen LogP contribution in [0.3, 0.4) is 0 Å². The number of rotatable bonds is 6. The summed E-state index contributed by atoms with van der Waals surface area (Å²) >= 11 is 0. The number of methoxy groups -OCH3 is 1. The summed E-state index contributed by atoms with van der Waals surface area (Å²) in [6.45, 7) is 0.490. The molecule has 0 radical (unpaired) electrons. The highest BCUT2D eigenvalue weighted by Gasteiger charge is 2.47. The van der Waals surface area contributed by atoms with Crippen LogP contribution in [0.4, 0.5) is 0 Å². The van der Waals surface area contributed by atoms with Gasteiger partial charge in [-0.2, -0.15) is 0 Å². The number of aliphatic hydroxyl groups excluding tert-OH is 3. The fourth-order valence-electron chi connectivity index (χ4n) is 4.05. The topological polar surface area (TPSA) is 185 Å². The first-order valence-electron chi connectivity index (χ1n) is 11.0. The monoisotopic (exact) mass is 506 g/mol. The molecular formula is C24H26O12. The first-order chi connectivity index (χ1) is 17.1. The van der Waals surface area contributed by atoms with E-state index in [0.29, 0.717) is 0 Å². The Bertz CT molecular complexity index is 1230. The Morgan fingerprint density at radius 3 is 2.44 bits per heavy atom. The number of carbonyl (C=O) groups excluding carboxylic acids is 1. The van der Waals surface area contributed by atoms with Crippen molar-refractivity contribution in [1.29, 1.82) is 0 Å². The minimum Gasteiger partial charge on any atom is -0.507 e. The minimum absolute atomic E-state index is 0.00497. The molecule has 1 aromatic carbocycles. The molecule has 5 N–H and O–H groups in total. The highest BCUT2D eigenvalue weighted by molar-refractivity contribution is 5.84. The van der Waals surface area contributed by atoms with Gasteiger partial charge in [0, 0.05) is 25.1 Å². The second-order valence-corrected chi connectivity index (χ2v) is 8.42. The molecule has 0 saturated carbocycles. The quantitative estimate of drug-likeness (QED) is 0.252. The van der Waals surface area contributed by atoms with E-state index in [1.165, 1.54) is 43.5 Å². The average Bonchev–Trinajstić information content (AvgIpc) is 2.84. The van der Waals surface area contributed by atoms with Crippen LogP contribution in [0.15, 0.2) is 51.7 Å². The van der Waals surface area contributed by atoms with Gasteiger partial charge in [-0.05, 0) is 12.2 Å². The summed E-state index contributed by atoms with van der Waals surface area (Å²) in [6, 6.07) is 3.72. The van der Waals surface area contributed by atoms with Crippen LogP contribution in [0.1, 0.15) is 12.7 Å². The highest BCUT2D eigenvalue weighted by atomic mass is 16.7. The number of ether oxygens (including phenoxy) is 4. The number of aliphatic hydroxyl groups is 4. The summed E-state index contributed by atoms with van der Waals surface area (Å²) in [5, 5.41) is 51.0. The number of hydrogen-bond acceptors (Lipinski definition) is 12. The lowest BCUT2D eigenvalue weighted by atomic mass is 9.93. The predicted molar refractivity (Wildman–Crippen MR) is 121 cm³/mol. The van der Waals surface area contributed by atoms with E-state index in [1.807, 2.05) is 0 Å². The van der Waals surface area contributed by atoms with Crippen LogP contribution >= 0.6 is 0 Å². The lowest BCUT2D eigenvalue weighted by molar-refractivity contribution is -0.307. The second-order valence-electron chi connectivity index (χ2n) is 8.42. The molecule has 12 nitrogen and oxygen atoms in total. The molecule has 5 unspecified atom stereocenters. The fraction of sp³-hybridized carbons (Fsp3) is 0.417. The molecule has 0 spiro atoms. The van der Waals surface area contributed by atoms with E-state index in [4.69, 9.17) is 23.4 Å². The van der Waals surface area contributed by atoms with Gasteiger partial charge in [0.15, 0.2) is 23.4 Å². The third-order valence-corrected chi connectivity index (χ3v) is 5.91. The van der Waals surface area contributed by atoms with Gasteiger partial charge < -0.3 is 48.9 Å². The molecule has 2 aliphatic rings. The second kappa shape index (κ2) is 10.0. The van der Waals surface area contributed by atoms with Crippen molar-refractivity contribution in [1.82, 2.24) is 0 Å². The van der Waals surface area contributed by atoms with E-state index in [9.17, 15) is 35.1 Å². The van der Waals surface area contributed by atoms with Crippen molar-refractivity contribution in [2.75, 3.05) is 13.7 Å². The molecule has 1 saturated heterocycles. The Morgan fingerprint density at radius 1 is 1.14 bits per heavy atom. The van der Waals surface area contributed by atoms with Crippen molar-refractivity contribution in [2.24, 2.45) is 0 Å². The number of benzene rings is 1. The van der Waals surface area contributed by atoms with Crippen LogP contribution in [-0.4, -0.2) is 82.0 Å². The van der Waals surface area contributed by atoms with Crippen LogP contribution in [0.25, 0.3) is 11.0 Å². The zero-order valence-corrected chi connectivity index (χ0v) is 19.3. The zero-order valence-electron chi connectivity index (χ0n) is 19.3. The summed E-state index contributed by atoms with van der Waals surface area (Å²) in [5.41, 5.74) is -2.43. The number of fused-ring (bicyclic) bond motifs is 1. The summed E-state index contributed by atoms with van der Waals surface area (Å²) in [6.07, 6.45) is -2.49. The van der Waals surface area contributed by atoms with Crippen LogP contribution in [0, 0.1) is 0 Å².